The monoisotopic (exact) mass is 279 g/mol. The van der Waals surface area contributed by atoms with E-state index in [4.69, 9.17) is 10.5 Å². The van der Waals surface area contributed by atoms with E-state index in [0.717, 1.165) is 6.26 Å². The van der Waals surface area contributed by atoms with E-state index < -0.39 is 9.84 Å². The van der Waals surface area contributed by atoms with Gasteiger partial charge in [0.25, 0.3) is 0 Å². The molecule has 7 heteroatoms. The Kier molecular flexibility index (Phi) is 3.77. The largest absolute Gasteiger partial charge is 0.424 e. The Bertz CT molecular complexity index is 669. The normalized spacial score (nSPS) is 11.3. The summed E-state index contributed by atoms with van der Waals surface area (Å²) in [6.07, 6.45) is 2.70. The van der Waals surface area contributed by atoms with Crippen molar-refractivity contribution in [3.05, 3.63) is 42.2 Å². The number of ether oxygens (including phenoxy) is 1. The van der Waals surface area contributed by atoms with Gasteiger partial charge in [-0.1, -0.05) is 0 Å². The first-order valence-electron chi connectivity index (χ1n) is 5.49. The SMILES string of the molecule is CS(=O)(=O)c1ccc(Oc2nccc(CN)n2)cc1. The van der Waals surface area contributed by atoms with Gasteiger partial charge in [-0.25, -0.2) is 13.4 Å². The molecule has 0 aliphatic rings. The van der Waals surface area contributed by atoms with Crippen LogP contribution in [0.5, 0.6) is 11.8 Å². The lowest BCUT2D eigenvalue weighted by atomic mass is 10.3. The molecule has 1 aromatic carbocycles. The first-order chi connectivity index (χ1) is 8.99. The number of rotatable bonds is 4. The zero-order valence-electron chi connectivity index (χ0n) is 10.3. The first kappa shape index (κ1) is 13.4. The number of hydrogen-bond acceptors (Lipinski definition) is 6. The van der Waals surface area contributed by atoms with E-state index in [0.29, 0.717) is 18.0 Å². The summed E-state index contributed by atoms with van der Waals surface area (Å²) in [6.45, 7) is 0.298. The molecule has 6 nitrogen and oxygen atoms in total. The van der Waals surface area contributed by atoms with Crippen LogP contribution in [0.4, 0.5) is 0 Å². The molecule has 19 heavy (non-hydrogen) atoms. The second kappa shape index (κ2) is 5.33. The van der Waals surface area contributed by atoms with Crippen LogP contribution in [-0.2, 0) is 16.4 Å². The minimum atomic E-state index is -3.21. The Labute approximate surface area is 111 Å². The Morgan fingerprint density at radius 2 is 1.89 bits per heavy atom. The zero-order valence-corrected chi connectivity index (χ0v) is 11.1. The van der Waals surface area contributed by atoms with Crippen LogP contribution in [0.25, 0.3) is 0 Å². The first-order valence-corrected chi connectivity index (χ1v) is 7.38. The van der Waals surface area contributed by atoms with Gasteiger partial charge in [-0.3, -0.25) is 0 Å². The van der Waals surface area contributed by atoms with Crippen LogP contribution in [0.15, 0.2) is 41.4 Å². The molecule has 1 aromatic heterocycles. The van der Waals surface area contributed by atoms with Gasteiger partial charge in [-0.05, 0) is 30.3 Å². The van der Waals surface area contributed by atoms with E-state index in [9.17, 15) is 8.42 Å². The van der Waals surface area contributed by atoms with Crippen LogP contribution < -0.4 is 10.5 Å². The molecular formula is C12H13N3O3S. The van der Waals surface area contributed by atoms with Crippen LogP contribution in [0, 0.1) is 0 Å². The molecule has 0 saturated heterocycles. The predicted molar refractivity (Wildman–Crippen MR) is 69.5 cm³/mol. The Hall–Kier alpha value is -1.99. The van der Waals surface area contributed by atoms with Crippen molar-refractivity contribution < 1.29 is 13.2 Å². The van der Waals surface area contributed by atoms with Crippen molar-refractivity contribution in [1.82, 2.24) is 9.97 Å². The topological polar surface area (TPSA) is 95.2 Å². The molecule has 0 saturated carbocycles. The molecule has 0 fully saturated rings. The average molecular weight is 279 g/mol. The summed E-state index contributed by atoms with van der Waals surface area (Å²) in [5.41, 5.74) is 6.13. The number of nitrogens with two attached hydrogens (primary N) is 1. The lowest BCUT2D eigenvalue weighted by molar-refractivity contribution is 0.439. The highest BCUT2D eigenvalue weighted by atomic mass is 32.2. The molecule has 0 radical (unpaired) electrons. The average Bonchev–Trinajstić information content (AvgIpc) is 2.38. The molecule has 0 unspecified atom stereocenters. The van der Waals surface area contributed by atoms with Gasteiger partial charge in [0, 0.05) is 19.0 Å². The van der Waals surface area contributed by atoms with Crippen LogP contribution in [0.1, 0.15) is 5.69 Å². The summed E-state index contributed by atoms with van der Waals surface area (Å²) in [5.74, 6) is 0.460. The molecular weight excluding hydrogens is 266 g/mol. The van der Waals surface area contributed by atoms with Crippen LogP contribution in [0.2, 0.25) is 0 Å². The minimum Gasteiger partial charge on any atom is -0.424 e. The second-order valence-electron chi connectivity index (χ2n) is 3.88. The van der Waals surface area contributed by atoms with Crippen LogP contribution in [-0.4, -0.2) is 24.6 Å². The van der Waals surface area contributed by atoms with E-state index in [1.807, 2.05) is 0 Å². The van der Waals surface area contributed by atoms with Crippen molar-refractivity contribution >= 4 is 9.84 Å². The molecule has 0 amide bonds. The Morgan fingerprint density at radius 3 is 2.47 bits per heavy atom. The number of hydrogen-bond donors (Lipinski definition) is 1. The lowest BCUT2D eigenvalue weighted by Gasteiger charge is -2.05. The number of nitrogens with zero attached hydrogens (tertiary/aromatic N) is 2. The van der Waals surface area contributed by atoms with E-state index in [2.05, 4.69) is 9.97 Å². The van der Waals surface area contributed by atoms with Crippen molar-refractivity contribution in [2.75, 3.05) is 6.26 Å². The summed E-state index contributed by atoms with van der Waals surface area (Å²) in [7, 11) is -3.21. The molecule has 2 N–H and O–H groups in total. The fourth-order valence-corrected chi connectivity index (χ4v) is 2.03. The second-order valence-corrected chi connectivity index (χ2v) is 5.90. The van der Waals surface area contributed by atoms with E-state index in [1.165, 1.54) is 12.1 Å². The molecule has 0 aliphatic heterocycles. The molecule has 100 valence electrons. The summed E-state index contributed by atoms with van der Waals surface area (Å²) in [4.78, 5) is 8.26. The smallest absolute Gasteiger partial charge is 0.322 e. The number of benzene rings is 1. The third-order valence-corrected chi connectivity index (χ3v) is 3.49. The van der Waals surface area contributed by atoms with Crippen molar-refractivity contribution in [1.29, 1.82) is 0 Å². The number of aromatic nitrogens is 2. The number of sulfone groups is 1. The van der Waals surface area contributed by atoms with Crippen molar-refractivity contribution in [3.8, 4) is 11.8 Å². The fraction of sp³-hybridized carbons (Fsp3) is 0.167. The van der Waals surface area contributed by atoms with Crippen LogP contribution in [0.3, 0.4) is 0 Å². The Morgan fingerprint density at radius 1 is 1.21 bits per heavy atom. The van der Waals surface area contributed by atoms with Gasteiger partial charge in [0.05, 0.1) is 10.6 Å². The van der Waals surface area contributed by atoms with E-state index in [1.54, 1.807) is 24.4 Å². The zero-order chi connectivity index (χ0) is 13.9. The fourth-order valence-electron chi connectivity index (χ4n) is 1.40. The molecule has 2 aromatic rings. The highest BCUT2D eigenvalue weighted by molar-refractivity contribution is 7.90. The highest BCUT2D eigenvalue weighted by Gasteiger charge is 2.07. The molecule has 0 bridgehead atoms. The highest BCUT2D eigenvalue weighted by Crippen LogP contribution is 2.20. The molecule has 0 atom stereocenters. The standard InChI is InChI=1S/C12H13N3O3S/c1-19(16,17)11-4-2-10(3-5-11)18-12-14-7-6-9(8-13)15-12/h2-7H,8,13H2,1H3. The maximum Gasteiger partial charge on any atom is 0.322 e. The maximum atomic E-state index is 11.3. The summed E-state index contributed by atoms with van der Waals surface area (Å²) < 4.78 is 28.0. The quantitative estimate of drug-likeness (QED) is 0.901. The summed E-state index contributed by atoms with van der Waals surface area (Å²) in [5, 5.41) is 0. The van der Waals surface area contributed by atoms with E-state index >= 15 is 0 Å². The predicted octanol–water partition coefficient (Wildman–Crippen LogP) is 1.13. The molecule has 2 rings (SSSR count). The summed E-state index contributed by atoms with van der Waals surface area (Å²) in [6, 6.07) is 7.91. The minimum absolute atomic E-state index is 0.176. The molecule has 0 aliphatic carbocycles. The lowest BCUT2D eigenvalue weighted by Crippen LogP contribution is -2.02. The third-order valence-electron chi connectivity index (χ3n) is 2.36. The van der Waals surface area contributed by atoms with Crippen molar-refractivity contribution in [2.24, 2.45) is 5.73 Å². The van der Waals surface area contributed by atoms with Crippen molar-refractivity contribution in [3.63, 3.8) is 0 Å². The van der Waals surface area contributed by atoms with Crippen LogP contribution >= 0.6 is 0 Å². The maximum absolute atomic E-state index is 11.3. The molecule has 0 spiro atoms. The molecule has 1 heterocycles. The van der Waals surface area contributed by atoms with Gasteiger partial charge in [0.2, 0.25) is 0 Å². The Balaban J connectivity index is 2.19. The summed E-state index contributed by atoms with van der Waals surface area (Å²) >= 11 is 0. The van der Waals surface area contributed by atoms with Crippen molar-refractivity contribution in [2.45, 2.75) is 11.4 Å². The van der Waals surface area contributed by atoms with E-state index in [-0.39, 0.29) is 10.9 Å². The van der Waals surface area contributed by atoms with Gasteiger partial charge in [0.1, 0.15) is 5.75 Å². The van der Waals surface area contributed by atoms with Gasteiger partial charge in [-0.2, -0.15) is 4.98 Å². The van der Waals surface area contributed by atoms with Gasteiger partial charge in [0.15, 0.2) is 9.84 Å². The third kappa shape index (κ3) is 3.49. The van der Waals surface area contributed by atoms with Gasteiger partial charge in [-0.15, -0.1) is 0 Å². The van der Waals surface area contributed by atoms with Gasteiger partial charge >= 0.3 is 6.01 Å². The van der Waals surface area contributed by atoms with Gasteiger partial charge < -0.3 is 10.5 Å².